The van der Waals surface area contributed by atoms with Gasteiger partial charge in [0.05, 0.1) is 7.11 Å². The molecule has 1 aliphatic rings. The number of nitrogens with one attached hydrogen (secondary N) is 1. The molecule has 1 aromatic rings. The Morgan fingerprint density at radius 3 is 2.74 bits per heavy atom. The largest absolute Gasteiger partial charge is 0.482 e. The molecule has 0 spiro atoms. The van der Waals surface area contributed by atoms with Crippen molar-refractivity contribution in [2.75, 3.05) is 19.0 Å². The normalized spacial score (nSPS) is 15.0. The predicted molar refractivity (Wildman–Crippen MR) is 88.4 cm³/mol. The summed E-state index contributed by atoms with van der Waals surface area (Å²) in [4.78, 5) is 23.1. The molecule has 5 nitrogen and oxygen atoms in total. The summed E-state index contributed by atoms with van der Waals surface area (Å²) in [5.74, 6) is 0.817. The van der Waals surface area contributed by atoms with Gasteiger partial charge in [0.15, 0.2) is 6.61 Å². The maximum Gasteiger partial charge on any atom is 0.343 e. The van der Waals surface area contributed by atoms with Gasteiger partial charge in [-0.3, -0.25) is 4.79 Å². The fourth-order valence-electron chi connectivity index (χ4n) is 2.90. The molecule has 23 heavy (non-hydrogen) atoms. The third kappa shape index (κ3) is 6.30. The molecule has 0 radical (unpaired) electrons. The van der Waals surface area contributed by atoms with Gasteiger partial charge in [-0.2, -0.15) is 0 Å². The van der Waals surface area contributed by atoms with E-state index in [1.165, 1.54) is 39.2 Å². The Morgan fingerprint density at radius 2 is 2.00 bits per heavy atom. The lowest BCUT2D eigenvalue weighted by atomic mass is 9.86. The Kier molecular flexibility index (Phi) is 6.91. The molecule has 0 aliphatic heterocycles. The highest BCUT2D eigenvalue weighted by Gasteiger charge is 2.15. The van der Waals surface area contributed by atoms with Gasteiger partial charge >= 0.3 is 5.97 Å². The van der Waals surface area contributed by atoms with Crippen LogP contribution in [0, 0.1) is 5.92 Å². The second-order valence-corrected chi connectivity index (χ2v) is 5.98. The van der Waals surface area contributed by atoms with E-state index in [2.05, 4.69) is 10.1 Å². The minimum absolute atomic E-state index is 0.0284. The zero-order valence-corrected chi connectivity index (χ0v) is 13.7. The minimum atomic E-state index is -0.438. The van der Waals surface area contributed by atoms with Crippen LogP contribution in [0.2, 0.25) is 0 Å². The Hall–Kier alpha value is -2.04. The summed E-state index contributed by atoms with van der Waals surface area (Å²) in [6, 6.07) is 7.04. The van der Waals surface area contributed by atoms with Gasteiger partial charge < -0.3 is 14.8 Å². The third-order valence-corrected chi connectivity index (χ3v) is 4.21. The minimum Gasteiger partial charge on any atom is -0.482 e. The monoisotopic (exact) mass is 319 g/mol. The number of methoxy groups -OCH3 is 1. The number of carbonyl (C=O) groups is 2. The van der Waals surface area contributed by atoms with Crippen LogP contribution in [-0.2, 0) is 14.3 Å². The van der Waals surface area contributed by atoms with E-state index >= 15 is 0 Å². The average Bonchev–Trinajstić information content (AvgIpc) is 2.59. The first kappa shape index (κ1) is 17.3. The van der Waals surface area contributed by atoms with Crippen molar-refractivity contribution in [3.8, 4) is 5.75 Å². The first-order valence-corrected chi connectivity index (χ1v) is 8.27. The molecule has 1 N–H and O–H groups in total. The average molecular weight is 319 g/mol. The number of amides is 1. The number of carbonyl (C=O) groups excluding carboxylic acids is 2. The Morgan fingerprint density at radius 1 is 1.22 bits per heavy atom. The molecule has 0 bridgehead atoms. The van der Waals surface area contributed by atoms with Gasteiger partial charge in [-0.15, -0.1) is 0 Å². The van der Waals surface area contributed by atoms with Crippen LogP contribution >= 0.6 is 0 Å². The predicted octanol–water partition coefficient (Wildman–Crippen LogP) is 3.54. The molecule has 1 aromatic carbocycles. The second kappa shape index (κ2) is 9.18. The summed E-state index contributed by atoms with van der Waals surface area (Å²) in [6.45, 7) is -0.143. The number of hydrogen-bond donors (Lipinski definition) is 1. The van der Waals surface area contributed by atoms with E-state index in [0.717, 1.165) is 6.42 Å². The Labute approximate surface area is 137 Å². The molecule has 0 aromatic heterocycles. The quantitative estimate of drug-likeness (QED) is 0.781. The van der Waals surface area contributed by atoms with Crippen LogP contribution in [0.5, 0.6) is 5.75 Å². The molecule has 0 saturated heterocycles. The molecular formula is C18H25NO4. The number of esters is 1. The first-order chi connectivity index (χ1) is 11.2. The van der Waals surface area contributed by atoms with Gasteiger partial charge in [-0.05, 0) is 24.5 Å². The first-order valence-electron chi connectivity index (χ1n) is 8.27. The van der Waals surface area contributed by atoms with E-state index in [1.54, 1.807) is 18.2 Å². The van der Waals surface area contributed by atoms with Crippen LogP contribution in [0.3, 0.4) is 0 Å². The van der Waals surface area contributed by atoms with Gasteiger partial charge in [0, 0.05) is 18.2 Å². The van der Waals surface area contributed by atoms with Crippen molar-refractivity contribution in [2.24, 2.45) is 5.92 Å². The summed E-state index contributed by atoms with van der Waals surface area (Å²) in [7, 11) is 1.31. The Bertz CT molecular complexity index is 524. The highest BCUT2D eigenvalue weighted by Crippen LogP contribution is 2.27. The zero-order chi connectivity index (χ0) is 16.5. The topological polar surface area (TPSA) is 64.6 Å². The summed E-state index contributed by atoms with van der Waals surface area (Å²) < 4.78 is 9.83. The fourth-order valence-corrected chi connectivity index (χ4v) is 2.90. The molecule has 0 atom stereocenters. The van der Waals surface area contributed by atoms with E-state index in [4.69, 9.17) is 4.74 Å². The standard InChI is InChI=1S/C18H25NO4/c1-22-18(21)13-23-16-9-5-8-15(12-16)19-17(20)11-10-14-6-3-2-4-7-14/h5,8-9,12,14H,2-4,6-7,10-11,13H2,1H3,(H,19,20). The van der Waals surface area contributed by atoms with Crippen molar-refractivity contribution in [1.29, 1.82) is 0 Å². The number of anilines is 1. The second-order valence-electron chi connectivity index (χ2n) is 5.98. The van der Waals surface area contributed by atoms with Crippen molar-refractivity contribution >= 4 is 17.6 Å². The van der Waals surface area contributed by atoms with Gasteiger partial charge in [0.2, 0.25) is 5.91 Å². The highest BCUT2D eigenvalue weighted by molar-refractivity contribution is 5.90. The van der Waals surface area contributed by atoms with E-state index in [9.17, 15) is 9.59 Å². The molecule has 2 rings (SSSR count). The molecule has 0 unspecified atom stereocenters. The van der Waals surface area contributed by atoms with E-state index in [0.29, 0.717) is 23.8 Å². The van der Waals surface area contributed by atoms with Crippen LogP contribution in [0.25, 0.3) is 0 Å². The number of rotatable bonds is 7. The summed E-state index contributed by atoms with van der Waals surface area (Å²) >= 11 is 0. The molecule has 5 heteroatoms. The van der Waals surface area contributed by atoms with Crippen molar-refractivity contribution in [2.45, 2.75) is 44.9 Å². The molecule has 1 aliphatic carbocycles. The van der Waals surface area contributed by atoms with Crippen molar-refractivity contribution in [1.82, 2.24) is 0 Å². The van der Waals surface area contributed by atoms with Crippen molar-refractivity contribution in [3.63, 3.8) is 0 Å². The van der Waals surface area contributed by atoms with Gasteiger partial charge in [0.25, 0.3) is 0 Å². The number of benzene rings is 1. The molecule has 126 valence electrons. The lowest BCUT2D eigenvalue weighted by molar-refractivity contribution is -0.142. The summed E-state index contributed by atoms with van der Waals surface area (Å²) in [5.41, 5.74) is 0.681. The van der Waals surface area contributed by atoms with Gasteiger partial charge in [-0.1, -0.05) is 38.2 Å². The van der Waals surface area contributed by atoms with Crippen LogP contribution in [-0.4, -0.2) is 25.6 Å². The van der Waals surface area contributed by atoms with Crippen molar-refractivity contribution in [3.05, 3.63) is 24.3 Å². The van der Waals surface area contributed by atoms with E-state index < -0.39 is 5.97 Å². The number of ether oxygens (including phenoxy) is 2. The summed E-state index contributed by atoms with van der Waals surface area (Å²) in [6.07, 6.45) is 7.95. The summed E-state index contributed by atoms with van der Waals surface area (Å²) in [5, 5.41) is 2.89. The van der Waals surface area contributed by atoms with Crippen LogP contribution in [0.15, 0.2) is 24.3 Å². The maximum absolute atomic E-state index is 12.1. The molecule has 1 saturated carbocycles. The Balaban J connectivity index is 1.77. The maximum atomic E-state index is 12.1. The molecule has 1 amide bonds. The zero-order valence-electron chi connectivity index (χ0n) is 13.7. The lowest BCUT2D eigenvalue weighted by Crippen LogP contribution is -2.15. The SMILES string of the molecule is COC(=O)COc1cccc(NC(=O)CCC2CCCCC2)c1. The molecular weight excluding hydrogens is 294 g/mol. The van der Waals surface area contributed by atoms with Crippen LogP contribution < -0.4 is 10.1 Å². The molecule has 1 fully saturated rings. The third-order valence-electron chi connectivity index (χ3n) is 4.21. The number of hydrogen-bond acceptors (Lipinski definition) is 4. The van der Waals surface area contributed by atoms with Crippen LogP contribution in [0.1, 0.15) is 44.9 Å². The van der Waals surface area contributed by atoms with Gasteiger partial charge in [0.1, 0.15) is 5.75 Å². The van der Waals surface area contributed by atoms with Gasteiger partial charge in [-0.25, -0.2) is 4.79 Å². The van der Waals surface area contributed by atoms with Crippen molar-refractivity contribution < 1.29 is 19.1 Å². The smallest absolute Gasteiger partial charge is 0.343 e. The highest BCUT2D eigenvalue weighted by atomic mass is 16.6. The van der Waals surface area contributed by atoms with Crippen LogP contribution in [0.4, 0.5) is 5.69 Å². The van der Waals surface area contributed by atoms with E-state index in [1.807, 2.05) is 6.07 Å². The molecule has 0 heterocycles. The fraction of sp³-hybridized carbons (Fsp3) is 0.556. The van der Waals surface area contributed by atoms with E-state index in [-0.39, 0.29) is 12.5 Å². The lowest BCUT2D eigenvalue weighted by Gasteiger charge is -2.21.